The standard InChI is InChI=1S/C16H20N2O5/c1-11(16(21)22)18(12-7-8-12)15(20)9-17-14(19)10-23-13-5-3-2-4-6-13/h2-6,11-12H,7-10H2,1H3,(H,17,19)(H,21,22). The van der Waals surface area contributed by atoms with E-state index in [0.29, 0.717) is 5.75 Å². The highest BCUT2D eigenvalue weighted by atomic mass is 16.5. The van der Waals surface area contributed by atoms with Crippen molar-refractivity contribution in [2.24, 2.45) is 0 Å². The first-order valence-corrected chi connectivity index (χ1v) is 7.47. The SMILES string of the molecule is CC(C(=O)O)N(C(=O)CNC(=O)COc1ccccc1)C1CC1. The maximum atomic E-state index is 12.2. The van der Waals surface area contributed by atoms with Crippen LogP contribution in [0.3, 0.4) is 0 Å². The molecule has 1 aromatic carbocycles. The fourth-order valence-electron chi connectivity index (χ4n) is 2.19. The van der Waals surface area contributed by atoms with E-state index in [4.69, 9.17) is 9.84 Å². The van der Waals surface area contributed by atoms with Crippen LogP contribution < -0.4 is 10.1 Å². The molecule has 2 amide bonds. The van der Waals surface area contributed by atoms with Gasteiger partial charge in [0.2, 0.25) is 5.91 Å². The molecule has 0 aromatic heterocycles. The van der Waals surface area contributed by atoms with Crippen LogP contribution in [0.4, 0.5) is 0 Å². The predicted octanol–water partition coefficient (Wildman–Crippen LogP) is 0.646. The Hall–Kier alpha value is -2.57. The lowest BCUT2D eigenvalue weighted by Gasteiger charge is -2.26. The van der Waals surface area contributed by atoms with Crippen molar-refractivity contribution >= 4 is 17.8 Å². The minimum Gasteiger partial charge on any atom is -0.484 e. The monoisotopic (exact) mass is 320 g/mol. The number of hydrogen-bond acceptors (Lipinski definition) is 4. The number of hydrogen-bond donors (Lipinski definition) is 2. The Labute approximate surface area is 134 Å². The normalized spacial score (nSPS) is 14.7. The van der Waals surface area contributed by atoms with Crippen LogP contribution in [0.2, 0.25) is 0 Å². The van der Waals surface area contributed by atoms with E-state index in [2.05, 4.69) is 5.32 Å². The molecular weight excluding hydrogens is 300 g/mol. The number of rotatable bonds is 8. The van der Waals surface area contributed by atoms with Crippen molar-refractivity contribution in [3.05, 3.63) is 30.3 Å². The third kappa shape index (κ3) is 4.98. The van der Waals surface area contributed by atoms with E-state index >= 15 is 0 Å². The number of ether oxygens (including phenoxy) is 1. The van der Waals surface area contributed by atoms with Gasteiger partial charge in [-0.3, -0.25) is 9.59 Å². The molecule has 0 aliphatic heterocycles. The largest absolute Gasteiger partial charge is 0.484 e. The third-order valence-electron chi connectivity index (χ3n) is 3.55. The molecule has 1 aliphatic carbocycles. The van der Waals surface area contributed by atoms with Gasteiger partial charge in [0.25, 0.3) is 5.91 Å². The first-order chi connectivity index (χ1) is 11.0. The lowest BCUT2D eigenvalue weighted by atomic mass is 10.2. The molecule has 1 aliphatic rings. The van der Waals surface area contributed by atoms with Crippen LogP contribution >= 0.6 is 0 Å². The van der Waals surface area contributed by atoms with Gasteiger partial charge in [-0.15, -0.1) is 0 Å². The molecule has 7 heteroatoms. The van der Waals surface area contributed by atoms with Crippen molar-refractivity contribution < 1.29 is 24.2 Å². The van der Waals surface area contributed by atoms with E-state index < -0.39 is 23.8 Å². The summed E-state index contributed by atoms with van der Waals surface area (Å²) in [6.45, 7) is 1.04. The maximum Gasteiger partial charge on any atom is 0.326 e. The van der Waals surface area contributed by atoms with Crippen LogP contribution in [0.25, 0.3) is 0 Å². The van der Waals surface area contributed by atoms with Crippen LogP contribution in [0.15, 0.2) is 30.3 Å². The number of nitrogens with one attached hydrogen (secondary N) is 1. The molecule has 1 fully saturated rings. The fraction of sp³-hybridized carbons (Fsp3) is 0.438. The zero-order chi connectivity index (χ0) is 16.8. The molecule has 7 nitrogen and oxygen atoms in total. The predicted molar refractivity (Wildman–Crippen MR) is 81.9 cm³/mol. The minimum absolute atomic E-state index is 0.0360. The van der Waals surface area contributed by atoms with Crippen molar-refractivity contribution in [2.45, 2.75) is 31.8 Å². The highest BCUT2D eigenvalue weighted by molar-refractivity contribution is 5.88. The molecule has 2 rings (SSSR count). The molecule has 0 saturated heterocycles. The van der Waals surface area contributed by atoms with Crippen LogP contribution in [0.5, 0.6) is 5.75 Å². The zero-order valence-electron chi connectivity index (χ0n) is 12.9. The molecule has 1 aromatic rings. The molecule has 0 radical (unpaired) electrons. The Morgan fingerprint density at radius 2 is 1.96 bits per heavy atom. The number of aliphatic carboxylic acids is 1. The number of para-hydroxylation sites is 1. The lowest BCUT2D eigenvalue weighted by molar-refractivity contribution is -0.149. The molecule has 0 bridgehead atoms. The topological polar surface area (TPSA) is 95.9 Å². The van der Waals surface area contributed by atoms with Crippen LogP contribution in [0.1, 0.15) is 19.8 Å². The molecule has 124 valence electrons. The Morgan fingerprint density at radius 3 is 2.52 bits per heavy atom. The number of carbonyl (C=O) groups excluding carboxylic acids is 2. The summed E-state index contributed by atoms with van der Waals surface area (Å²) < 4.78 is 5.27. The number of nitrogens with zero attached hydrogens (tertiary/aromatic N) is 1. The number of carboxylic acids is 1. The summed E-state index contributed by atoms with van der Waals surface area (Å²) in [5.41, 5.74) is 0. The summed E-state index contributed by atoms with van der Waals surface area (Å²) in [5, 5.41) is 11.5. The number of amides is 2. The Balaban J connectivity index is 1.78. The van der Waals surface area contributed by atoms with Gasteiger partial charge in [-0.2, -0.15) is 0 Å². The van der Waals surface area contributed by atoms with E-state index in [9.17, 15) is 14.4 Å². The van der Waals surface area contributed by atoms with Gasteiger partial charge in [0, 0.05) is 6.04 Å². The number of carboxylic acid groups (broad SMARTS) is 1. The highest BCUT2D eigenvalue weighted by Gasteiger charge is 2.38. The number of carbonyl (C=O) groups is 3. The summed E-state index contributed by atoms with van der Waals surface area (Å²) in [5.74, 6) is -1.31. The van der Waals surface area contributed by atoms with Gasteiger partial charge in [0.15, 0.2) is 6.61 Å². The van der Waals surface area contributed by atoms with Crippen LogP contribution in [0, 0.1) is 0 Å². The van der Waals surface area contributed by atoms with Crippen molar-refractivity contribution in [1.29, 1.82) is 0 Å². The van der Waals surface area contributed by atoms with E-state index in [1.807, 2.05) is 6.07 Å². The van der Waals surface area contributed by atoms with E-state index in [-0.39, 0.29) is 19.2 Å². The summed E-state index contributed by atoms with van der Waals surface area (Å²) in [7, 11) is 0. The van der Waals surface area contributed by atoms with E-state index in [1.54, 1.807) is 24.3 Å². The second-order valence-corrected chi connectivity index (χ2v) is 5.42. The van der Waals surface area contributed by atoms with Crippen molar-refractivity contribution in [3.63, 3.8) is 0 Å². The van der Waals surface area contributed by atoms with Gasteiger partial charge in [0.1, 0.15) is 11.8 Å². The van der Waals surface area contributed by atoms with Crippen molar-refractivity contribution in [1.82, 2.24) is 10.2 Å². The average molecular weight is 320 g/mol. The summed E-state index contributed by atoms with van der Waals surface area (Å²) >= 11 is 0. The van der Waals surface area contributed by atoms with E-state index in [1.165, 1.54) is 11.8 Å². The van der Waals surface area contributed by atoms with Crippen LogP contribution in [-0.4, -0.2) is 53.0 Å². The smallest absolute Gasteiger partial charge is 0.326 e. The molecule has 2 N–H and O–H groups in total. The van der Waals surface area contributed by atoms with Crippen molar-refractivity contribution in [2.75, 3.05) is 13.2 Å². The summed E-state index contributed by atoms with van der Waals surface area (Å²) in [6, 6.07) is 7.93. The van der Waals surface area contributed by atoms with E-state index in [0.717, 1.165) is 12.8 Å². The fourth-order valence-corrected chi connectivity index (χ4v) is 2.19. The van der Waals surface area contributed by atoms with Gasteiger partial charge in [0.05, 0.1) is 6.54 Å². The molecule has 1 saturated carbocycles. The number of benzene rings is 1. The molecule has 1 atom stereocenters. The summed E-state index contributed by atoms with van der Waals surface area (Å²) in [6.07, 6.45) is 1.60. The van der Waals surface area contributed by atoms with Gasteiger partial charge < -0.3 is 20.1 Å². The van der Waals surface area contributed by atoms with Crippen molar-refractivity contribution in [3.8, 4) is 5.75 Å². The quantitative estimate of drug-likeness (QED) is 0.733. The molecule has 0 heterocycles. The first kappa shape index (κ1) is 16.8. The van der Waals surface area contributed by atoms with Gasteiger partial charge in [-0.1, -0.05) is 18.2 Å². The minimum atomic E-state index is -1.05. The lowest BCUT2D eigenvalue weighted by Crippen LogP contribution is -2.49. The molecule has 1 unspecified atom stereocenters. The van der Waals surface area contributed by atoms with Crippen LogP contribution in [-0.2, 0) is 14.4 Å². The second-order valence-electron chi connectivity index (χ2n) is 5.42. The molecular formula is C16H20N2O5. The molecule has 0 spiro atoms. The third-order valence-corrected chi connectivity index (χ3v) is 3.55. The maximum absolute atomic E-state index is 12.2. The summed E-state index contributed by atoms with van der Waals surface area (Å²) in [4.78, 5) is 36.3. The Kier molecular flexibility index (Phi) is 5.56. The Bertz CT molecular complexity index is 571. The highest BCUT2D eigenvalue weighted by Crippen LogP contribution is 2.28. The zero-order valence-corrected chi connectivity index (χ0v) is 12.9. The van der Waals surface area contributed by atoms with Gasteiger partial charge >= 0.3 is 5.97 Å². The first-order valence-electron chi connectivity index (χ1n) is 7.47. The second kappa shape index (κ2) is 7.62. The molecule has 23 heavy (non-hydrogen) atoms. The average Bonchev–Trinajstić information content (AvgIpc) is 3.36. The van der Waals surface area contributed by atoms with Gasteiger partial charge in [-0.05, 0) is 31.9 Å². The Morgan fingerprint density at radius 1 is 1.30 bits per heavy atom. The van der Waals surface area contributed by atoms with Gasteiger partial charge in [-0.25, -0.2) is 4.79 Å².